The molecule has 0 saturated heterocycles. The molecule has 2 nitrogen and oxygen atoms in total. The first-order chi connectivity index (χ1) is 24.0. The zero-order chi connectivity index (χ0) is 33.0. The van der Waals surface area contributed by atoms with Crippen LogP contribution in [0.2, 0.25) is 0 Å². The van der Waals surface area contributed by atoms with Crippen molar-refractivity contribution in [3.8, 4) is 67.3 Å². The molecule has 0 fully saturated rings. The predicted octanol–water partition coefficient (Wildman–Crippen LogP) is 12.3. The molecule has 1 aromatic heterocycles. The maximum Gasteiger partial charge on any atom is 0.160 e. The topological polar surface area (TPSA) is 25.8 Å². The average Bonchev–Trinajstić information content (AvgIpc) is 3.40. The first-order valence-corrected chi connectivity index (χ1v) is 16.9. The second-order valence-electron chi connectivity index (χ2n) is 13.4. The van der Waals surface area contributed by atoms with E-state index in [1.807, 2.05) is 12.1 Å². The Balaban J connectivity index is 1.22. The van der Waals surface area contributed by atoms with Crippen molar-refractivity contribution in [2.75, 3.05) is 0 Å². The Morgan fingerprint density at radius 3 is 1.65 bits per heavy atom. The van der Waals surface area contributed by atoms with Crippen LogP contribution in [0.4, 0.5) is 0 Å². The quantitative estimate of drug-likeness (QED) is 0.190. The highest BCUT2D eigenvalue weighted by Gasteiger charge is 2.36. The standard InChI is InChI=1S/C47H34N2/c1-47(2)42-23-12-11-21-38(42)41-28-40(37-22-13-19-31-14-9-10-20-36(31)37)39(29-43(41)47)32-24-26-35(27-25-32)46-48-44(33-15-5-3-6-16-33)30-45(49-46)34-17-7-4-8-18-34/h3-30H,1-2H3. The van der Waals surface area contributed by atoms with Crippen molar-refractivity contribution in [3.63, 3.8) is 0 Å². The lowest BCUT2D eigenvalue weighted by Crippen LogP contribution is -2.15. The van der Waals surface area contributed by atoms with Gasteiger partial charge in [-0.25, -0.2) is 9.97 Å². The van der Waals surface area contributed by atoms with Gasteiger partial charge in [0, 0.05) is 22.1 Å². The van der Waals surface area contributed by atoms with Crippen LogP contribution >= 0.6 is 0 Å². The summed E-state index contributed by atoms with van der Waals surface area (Å²) in [6.45, 7) is 4.70. The highest BCUT2D eigenvalue weighted by molar-refractivity contribution is 6.02. The number of fused-ring (bicyclic) bond motifs is 4. The summed E-state index contributed by atoms with van der Waals surface area (Å²) >= 11 is 0. The Hall–Kier alpha value is -6.12. The molecule has 0 bridgehead atoms. The smallest absolute Gasteiger partial charge is 0.160 e. The summed E-state index contributed by atoms with van der Waals surface area (Å²) in [5, 5.41) is 2.50. The molecule has 0 unspecified atom stereocenters. The molecule has 232 valence electrons. The molecule has 8 aromatic rings. The minimum atomic E-state index is -0.0997. The molecular formula is C47H34N2. The fourth-order valence-corrected chi connectivity index (χ4v) is 7.56. The second-order valence-corrected chi connectivity index (χ2v) is 13.4. The number of rotatable bonds is 5. The molecule has 49 heavy (non-hydrogen) atoms. The molecule has 0 saturated carbocycles. The van der Waals surface area contributed by atoms with Crippen molar-refractivity contribution >= 4 is 10.8 Å². The third-order valence-corrected chi connectivity index (χ3v) is 10.1. The van der Waals surface area contributed by atoms with Crippen LogP contribution in [0.3, 0.4) is 0 Å². The van der Waals surface area contributed by atoms with Gasteiger partial charge in [0.1, 0.15) is 0 Å². The van der Waals surface area contributed by atoms with E-state index >= 15 is 0 Å². The number of hydrogen-bond donors (Lipinski definition) is 0. The van der Waals surface area contributed by atoms with E-state index in [0.717, 1.165) is 28.1 Å². The number of nitrogens with zero attached hydrogens (tertiary/aromatic N) is 2. The van der Waals surface area contributed by atoms with Gasteiger partial charge in [0.05, 0.1) is 11.4 Å². The van der Waals surface area contributed by atoms with Crippen LogP contribution in [-0.4, -0.2) is 9.97 Å². The van der Waals surface area contributed by atoms with Gasteiger partial charge in [-0.1, -0.05) is 166 Å². The molecule has 9 rings (SSSR count). The molecule has 2 heteroatoms. The monoisotopic (exact) mass is 626 g/mol. The van der Waals surface area contributed by atoms with E-state index in [2.05, 4.69) is 172 Å². The van der Waals surface area contributed by atoms with Gasteiger partial charge >= 0.3 is 0 Å². The van der Waals surface area contributed by atoms with E-state index < -0.39 is 0 Å². The Kier molecular flexibility index (Phi) is 6.84. The molecule has 0 aliphatic heterocycles. The number of benzene rings is 7. The van der Waals surface area contributed by atoms with E-state index in [4.69, 9.17) is 9.97 Å². The number of hydrogen-bond acceptors (Lipinski definition) is 2. The third-order valence-electron chi connectivity index (χ3n) is 10.1. The van der Waals surface area contributed by atoms with Crippen LogP contribution in [0.1, 0.15) is 25.0 Å². The minimum Gasteiger partial charge on any atom is -0.228 e. The van der Waals surface area contributed by atoms with E-state index in [1.54, 1.807) is 0 Å². The molecule has 1 aliphatic carbocycles. The zero-order valence-electron chi connectivity index (χ0n) is 27.6. The van der Waals surface area contributed by atoms with Gasteiger partial charge in [0.2, 0.25) is 0 Å². The van der Waals surface area contributed by atoms with Crippen molar-refractivity contribution in [3.05, 3.63) is 181 Å². The SMILES string of the molecule is CC1(C)c2ccccc2-c2cc(-c3cccc4ccccc34)c(-c3ccc(-c4nc(-c5ccccc5)cc(-c5ccccc5)n4)cc3)cc21. The van der Waals surface area contributed by atoms with Crippen LogP contribution in [0.25, 0.3) is 78.1 Å². The van der Waals surface area contributed by atoms with Gasteiger partial charge in [-0.15, -0.1) is 0 Å². The molecule has 7 aromatic carbocycles. The first kappa shape index (κ1) is 29.1. The van der Waals surface area contributed by atoms with Crippen LogP contribution in [0, 0.1) is 0 Å². The summed E-state index contributed by atoms with van der Waals surface area (Å²) in [5.74, 6) is 0.714. The predicted molar refractivity (Wildman–Crippen MR) is 204 cm³/mol. The average molecular weight is 627 g/mol. The normalized spacial score (nSPS) is 12.9. The van der Waals surface area contributed by atoms with Crippen molar-refractivity contribution in [2.45, 2.75) is 19.3 Å². The molecular weight excluding hydrogens is 593 g/mol. The van der Waals surface area contributed by atoms with Gasteiger partial charge in [-0.2, -0.15) is 0 Å². The van der Waals surface area contributed by atoms with Crippen molar-refractivity contribution in [1.29, 1.82) is 0 Å². The fourth-order valence-electron chi connectivity index (χ4n) is 7.56. The number of aromatic nitrogens is 2. The van der Waals surface area contributed by atoms with Gasteiger partial charge < -0.3 is 0 Å². The van der Waals surface area contributed by atoms with Gasteiger partial charge in [-0.05, 0) is 73.5 Å². The van der Waals surface area contributed by atoms with Crippen molar-refractivity contribution < 1.29 is 0 Å². The first-order valence-electron chi connectivity index (χ1n) is 16.9. The molecule has 0 radical (unpaired) electrons. The highest BCUT2D eigenvalue weighted by atomic mass is 14.9. The Morgan fingerprint density at radius 2 is 0.939 bits per heavy atom. The maximum atomic E-state index is 5.08. The lowest BCUT2D eigenvalue weighted by atomic mass is 9.80. The summed E-state index contributed by atoms with van der Waals surface area (Å²) < 4.78 is 0. The fraction of sp³-hybridized carbons (Fsp3) is 0.0638. The summed E-state index contributed by atoms with van der Waals surface area (Å²) in [5.41, 5.74) is 15.1. The lowest BCUT2D eigenvalue weighted by molar-refractivity contribution is 0.660. The second kappa shape index (κ2) is 11.5. The van der Waals surface area contributed by atoms with E-state index in [0.29, 0.717) is 5.82 Å². The maximum absolute atomic E-state index is 5.08. The summed E-state index contributed by atoms with van der Waals surface area (Å²) in [6.07, 6.45) is 0. The van der Waals surface area contributed by atoms with E-state index in [1.165, 1.54) is 55.3 Å². The summed E-state index contributed by atoms with van der Waals surface area (Å²) in [7, 11) is 0. The highest BCUT2D eigenvalue weighted by Crippen LogP contribution is 2.52. The Bertz CT molecular complexity index is 2430. The molecule has 0 N–H and O–H groups in total. The minimum absolute atomic E-state index is 0.0997. The van der Waals surface area contributed by atoms with E-state index in [9.17, 15) is 0 Å². The summed E-state index contributed by atoms with van der Waals surface area (Å²) in [6, 6.07) is 60.7. The van der Waals surface area contributed by atoms with Gasteiger partial charge in [0.15, 0.2) is 5.82 Å². The Morgan fingerprint density at radius 1 is 0.367 bits per heavy atom. The molecule has 1 aliphatic rings. The summed E-state index contributed by atoms with van der Waals surface area (Å²) in [4.78, 5) is 10.2. The zero-order valence-corrected chi connectivity index (χ0v) is 27.6. The molecule has 0 amide bonds. The van der Waals surface area contributed by atoms with E-state index in [-0.39, 0.29) is 5.41 Å². The third kappa shape index (κ3) is 4.96. The van der Waals surface area contributed by atoms with Gasteiger partial charge in [0.25, 0.3) is 0 Å². The van der Waals surface area contributed by atoms with Crippen molar-refractivity contribution in [1.82, 2.24) is 9.97 Å². The van der Waals surface area contributed by atoms with Gasteiger partial charge in [-0.3, -0.25) is 0 Å². The van der Waals surface area contributed by atoms with Crippen LogP contribution in [0.15, 0.2) is 170 Å². The van der Waals surface area contributed by atoms with Crippen LogP contribution < -0.4 is 0 Å². The largest absolute Gasteiger partial charge is 0.228 e. The van der Waals surface area contributed by atoms with Crippen molar-refractivity contribution in [2.24, 2.45) is 0 Å². The molecule has 0 spiro atoms. The van der Waals surface area contributed by atoms with Crippen LogP contribution in [0.5, 0.6) is 0 Å². The molecule has 1 heterocycles. The molecule has 0 atom stereocenters. The lowest BCUT2D eigenvalue weighted by Gasteiger charge is -2.23. The van der Waals surface area contributed by atoms with Crippen LogP contribution in [-0.2, 0) is 5.41 Å². The Labute approximate surface area is 287 Å².